The summed E-state index contributed by atoms with van der Waals surface area (Å²) in [5.41, 5.74) is 5.49. The predicted molar refractivity (Wildman–Crippen MR) is 179 cm³/mol. The fourth-order valence-corrected chi connectivity index (χ4v) is 7.63. The number of aromatic nitrogens is 4. The molecule has 0 unspecified atom stereocenters. The number of urea groups is 1. The van der Waals surface area contributed by atoms with Gasteiger partial charge in [0.15, 0.2) is 5.82 Å². The van der Waals surface area contributed by atoms with Gasteiger partial charge in [0, 0.05) is 66.7 Å². The maximum atomic E-state index is 13.8. The third kappa shape index (κ3) is 6.06. The number of carbonyl (C=O) groups excluding carboxylic acids is 3. The van der Waals surface area contributed by atoms with E-state index in [2.05, 4.69) is 43.8 Å². The monoisotopic (exact) mass is 671 g/mol. The number of hydrogen-bond donors (Lipinski definition) is 1. The predicted octanol–water partition coefficient (Wildman–Crippen LogP) is 4.38. The van der Waals surface area contributed by atoms with Gasteiger partial charge in [-0.2, -0.15) is 0 Å². The standard InChI is InChI=1S/C33H34ClN9O3S/c1-19-20(2)47-32-29(19)30(22-4-6-23(34)7-5-22)36-26(31-39-38-21(3)43(31)32)16-28(45)41-14-12-40(13-15-41)18-24-8-9-25(17-35-24)42-11-10-27(44)37-33(42)46/h4-9,17,26H,10-16,18H2,1-3H3,(H,37,44,46)/t26-/m0/s1. The van der Waals surface area contributed by atoms with E-state index in [1.165, 1.54) is 9.78 Å². The molecule has 6 heterocycles. The van der Waals surface area contributed by atoms with Crippen molar-refractivity contribution >= 4 is 52.2 Å². The number of nitrogens with zero attached hydrogens (tertiary/aromatic N) is 8. The van der Waals surface area contributed by atoms with Crippen molar-refractivity contribution in [1.82, 2.24) is 34.9 Å². The molecule has 3 aromatic heterocycles. The van der Waals surface area contributed by atoms with Crippen LogP contribution in [0.15, 0.2) is 47.6 Å². The van der Waals surface area contributed by atoms with Gasteiger partial charge < -0.3 is 4.90 Å². The summed E-state index contributed by atoms with van der Waals surface area (Å²) >= 11 is 7.93. The van der Waals surface area contributed by atoms with Crippen molar-refractivity contribution in [3.05, 3.63) is 86.5 Å². The highest BCUT2D eigenvalue weighted by Gasteiger charge is 2.34. The highest BCUT2D eigenvalue weighted by Crippen LogP contribution is 2.39. The summed E-state index contributed by atoms with van der Waals surface area (Å²) in [5.74, 6) is 1.19. The number of hydrogen-bond acceptors (Lipinski definition) is 9. The molecule has 0 saturated carbocycles. The number of imide groups is 1. The molecule has 0 aliphatic carbocycles. The summed E-state index contributed by atoms with van der Waals surface area (Å²) in [7, 11) is 0. The van der Waals surface area contributed by atoms with Crippen molar-refractivity contribution in [2.45, 2.75) is 46.2 Å². The molecule has 0 bridgehead atoms. The zero-order valence-corrected chi connectivity index (χ0v) is 27.9. The lowest BCUT2D eigenvalue weighted by molar-refractivity contribution is -0.133. The first-order valence-corrected chi connectivity index (χ1v) is 16.8. The van der Waals surface area contributed by atoms with Gasteiger partial charge in [0.1, 0.15) is 16.9 Å². The van der Waals surface area contributed by atoms with Gasteiger partial charge in [0.2, 0.25) is 11.8 Å². The summed E-state index contributed by atoms with van der Waals surface area (Å²) in [4.78, 5) is 54.1. The Bertz CT molecular complexity index is 1890. The molecule has 14 heteroatoms. The third-order valence-electron chi connectivity index (χ3n) is 9.01. The number of nitrogens with one attached hydrogen (secondary N) is 1. The number of aliphatic imine (C=N–C) groups is 1. The quantitative estimate of drug-likeness (QED) is 0.322. The number of anilines is 1. The van der Waals surface area contributed by atoms with E-state index in [0.717, 1.165) is 38.9 Å². The van der Waals surface area contributed by atoms with E-state index in [4.69, 9.17) is 16.6 Å². The highest BCUT2D eigenvalue weighted by atomic mass is 35.5. The molecule has 2 fully saturated rings. The molecular weight excluding hydrogens is 638 g/mol. The number of piperazine rings is 1. The lowest BCUT2D eigenvalue weighted by Crippen LogP contribution is -2.49. The van der Waals surface area contributed by atoms with Crippen molar-refractivity contribution in [2.75, 3.05) is 37.6 Å². The summed E-state index contributed by atoms with van der Waals surface area (Å²) < 4.78 is 2.07. The number of halogens is 1. The minimum Gasteiger partial charge on any atom is -0.340 e. The van der Waals surface area contributed by atoms with E-state index in [9.17, 15) is 14.4 Å². The second-order valence-corrected chi connectivity index (χ2v) is 13.7. The molecule has 2 saturated heterocycles. The molecular formula is C33H34ClN9O3S. The van der Waals surface area contributed by atoms with Crippen molar-refractivity contribution < 1.29 is 14.4 Å². The maximum Gasteiger partial charge on any atom is 0.328 e. The van der Waals surface area contributed by atoms with Gasteiger partial charge in [-0.1, -0.05) is 23.7 Å². The first kappa shape index (κ1) is 31.2. The van der Waals surface area contributed by atoms with E-state index >= 15 is 0 Å². The summed E-state index contributed by atoms with van der Waals surface area (Å²) in [5, 5.41) is 13.0. The molecule has 0 spiro atoms. The van der Waals surface area contributed by atoms with Crippen LogP contribution in [0.3, 0.4) is 0 Å². The van der Waals surface area contributed by atoms with Crippen molar-refractivity contribution in [1.29, 1.82) is 0 Å². The molecule has 47 heavy (non-hydrogen) atoms. The molecule has 1 atom stereocenters. The van der Waals surface area contributed by atoms with Crippen LogP contribution in [-0.4, -0.2) is 85.8 Å². The number of pyridine rings is 1. The average molecular weight is 672 g/mol. The first-order chi connectivity index (χ1) is 22.7. The molecule has 242 valence electrons. The van der Waals surface area contributed by atoms with Crippen LogP contribution in [0.4, 0.5) is 10.5 Å². The Balaban J connectivity index is 1.05. The summed E-state index contributed by atoms with van der Waals surface area (Å²) in [6.45, 7) is 9.73. The Labute approximate surface area is 281 Å². The number of carbonyl (C=O) groups is 3. The van der Waals surface area contributed by atoms with Crippen LogP contribution in [0.5, 0.6) is 0 Å². The SMILES string of the molecule is Cc1sc2c(c1C)C(c1ccc(Cl)cc1)=N[C@@H](CC(=O)N1CCN(Cc3ccc(N4CCC(=O)NC4=O)cn3)CC1)c1nnc(C)n1-2. The number of fused-ring (bicyclic) bond motifs is 3. The summed E-state index contributed by atoms with van der Waals surface area (Å²) in [6.07, 6.45) is 2.11. The topological polar surface area (TPSA) is 129 Å². The Kier molecular flexibility index (Phi) is 8.37. The zero-order valence-electron chi connectivity index (χ0n) is 26.4. The van der Waals surface area contributed by atoms with Crippen LogP contribution >= 0.6 is 22.9 Å². The van der Waals surface area contributed by atoms with E-state index in [1.807, 2.05) is 48.2 Å². The number of benzene rings is 1. The number of amides is 4. The van der Waals surface area contributed by atoms with E-state index < -0.39 is 12.1 Å². The lowest BCUT2D eigenvalue weighted by Gasteiger charge is -2.35. The minimum absolute atomic E-state index is 0.0278. The molecule has 4 aromatic rings. The van der Waals surface area contributed by atoms with Crippen LogP contribution in [0.25, 0.3) is 5.00 Å². The molecule has 0 radical (unpaired) electrons. The van der Waals surface area contributed by atoms with E-state index in [-0.39, 0.29) is 24.7 Å². The summed E-state index contributed by atoms with van der Waals surface area (Å²) in [6, 6.07) is 10.5. The van der Waals surface area contributed by atoms with Gasteiger partial charge in [0.25, 0.3) is 0 Å². The molecule has 4 amide bonds. The van der Waals surface area contributed by atoms with Gasteiger partial charge in [-0.3, -0.25) is 39.2 Å². The fraction of sp³-hybridized carbons (Fsp3) is 0.364. The number of aryl methyl sites for hydroxylation is 2. The van der Waals surface area contributed by atoms with Crippen molar-refractivity contribution in [3.63, 3.8) is 0 Å². The van der Waals surface area contributed by atoms with Gasteiger partial charge in [-0.25, -0.2) is 4.79 Å². The largest absolute Gasteiger partial charge is 0.340 e. The van der Waals surface area contributed by atoms with Crippen LogP contribution < -0.4 is 10.2 Å². The maximum absolute atomic E-state index is 13.8. The highest BCUT2D eigenvalue weighted by molar-refractivity contribution is 7.15. The molecule has 12 nitrogen and oxygen atoms in total. The van der Waals surface area contributed by atoms with Crippen LogP contribution in [0.1, 0.15) is 57.8 Å². The van der Waals surface area contributed by atoms with Crippen LogP contribution in [-0.2, 0) is 16.1 Å². The normalized spacial score (nSPS) is 18.4. The van der Waals surface area contributed by atoms with E-state index in [0.29, 0.717) is 55.8 Å². The molecule has 1 N–H and O–H groups in total. The second kappa shape index (κ2) is 12.6. The van der Waals surface area contributed by atoms with Crippen LogP contribution in [0.2, 0.25) is 5.02 Å². The van der Waals surface area contributed by atoms with E-state index in [1.54, 1.807) is 17.5 Å². The Hall–Kier alpha value is -4.46. The first-order valence-electron chi connectivity index (χ1n) is 15.6. The molecule has 3 aliphatic rings. The smallest absolute Gasteiger partial charge is 0.328 e. The molecule has 1 aromatic carbocycles. The van der Waals surface area contributed by atoms with Gasteiger partial charge in [0.05, 0.1) is 29.7 Å². The second-order valence-electron chi connectivity index (χ2n) is 12.0. The van der Waals surface area contributed by atoms with Gasteiger partial charge in [-0.15, -0.1) is 21.5 Å². The molecule has 7 rings (SSSR count). The van der Waals surface area contributed by atoms with Gasteiger partial charge >= 0.3 is 6.03 Å². The van der Waals surface area contributed by atoms with Crippen molar-refractivity contribution in [3.8, 4) is 5.00 Å². The van der Waals surface area contributed by atoms with Crippen molar-refractivity contribution in [2.24, 2.45) is 4.99 Å². The Morgan fingerprint density at radius 3 is 2.47 bits per heavy atom. The Morgan fingerprint density at radius 1 is 1.00 bits per heavy atom. The van der Waals surface area contributed by atoms with Gasteiger partial charge in [-0.05, 0) is 50.6 Å². The lowest BCUT2D eigenvalue weighted by atomic mass is 9.99. The fourth-order valence-electron chi connectivity index (χ4n) is 6.29. The Morgan fingerprint density at radius 2 is 1.77 bits per heavy atom. The average Bonchev–Trinajstić information content (AvgIpc) is 3.54. The number of thiophene rings is 1. The minimum atomic E-state index is -0.505. The number of rotatable bonds is 6. The van der Waals surface area contributed by atoms with Crippen LogP contribution in [0, 0.1) is 20.8 Å². The third-order valence-corrected chi connectivity index (χ3v) is 10.5. The molecule has 3 aliphatic heterocycles. The zero-order chi connectivity index (χ0) is 32.8.